The van der Waals surface area contributed by atoms with Crippen LogP contribution in [0.4, 0.5) is 17.1 Å². The minimum atomic E-state index is -0.250. The zero-order valence-corrected chi connectivity index (χ0v) is 29.7. The largest absolute Gasteiger partial charge is 0.483 e. The first-order valence-electron chi connectivity index (χ1n) is 17.7. The van der Waals surface area contributed by atoms with Crippen molar-refractivity contribution in [3.63, 3.8) is 0 Å². The normalized spacial score (nSPS) is 14.9. The second-order valence-electron chi connectivity index (χ2n) is 14.1. The van der Waals surface area contributed by atoms with Crippen LogP contribution in [0.2, 0.25) is 0 Å². The Morgan fingerprint density at radius 2 is 1.12 bits per heavy atom. The number of rotatable bonds is 7. The van der Waals surface area contributed by atoms with Gasteiger partial charge < -0.3 is 14.9 Å². The van der Waals surface area contributed by atoms with Gasteiger partial charge in [0.1, 0.15) is 0 Å². The molecule has 0 amide bonds. The Morgan fingerprint density at radius 3 is 1.78 bits per heavy atom. The molecule has 256 valence electrons. The fourth-order valence-electron chi connectivity index (χ4n) is 7.63. The summed E-state index contributed by atoms with van der Waals surface area (Å²) in [5.41, 5.74) is 15.2. The summed E-state index contributed by atoms with van der Waals surface area (Å²) < 4.78 is 0. The molecule has 0 radical (unpaired) electrons. The third-order valence-electron chi connectivity index (χ3n) is 10.4. The van der Waals surface area contributed by atoms with E-state index in [2.05, 4.69) is 181 Å². The molecule has 1 aliphatic carbocycles. The van der Waals surface area contributed by atoms with Gasteiger partial charge in [-0.3, -0.25) is 9.69 Å². The summed E-state index contributed by atoms with van der Waals surface area (Å²) in [6.07, 6.45) is 0. The number of fused-ring (bicyclic) bond motifs is 3. The van der Waals surface area contributed by atoms with Crippen molar-refractivity contribution in [3.05, 3.63) is 162 Å². The van der Waals surface area contributed by atoms with Crippen molar-refractivity contribution < 1.29 is 9.90 Å². The molecule has 0 aromatic heterocycles. The average molecular weight is 672 g/mol. The Kier molecular flexibility index (Phi) is 9.85. The molecule has 8 rings (SSSR count). The molecule has 2 aliphatic rings. The van der Waals surface area contributed by atoms with E-state index in [-0.39, 0.29) is 11.9 Å². The van der Waals surface area contributed by atoms with Crippen LogP contribution in [0, 0.1) is 0 Å². The van der Waals surface area contributed by atoms with Crippen LogP contribution in [-0.2, 0) is 16.8 Å². The van der Waals surface area contributed by atoms with Gasteiger partial charge in [0.2, 0.25) is 0 Å². The molecule has 0 unspecified atom stereocenters. The van der Waals surface area contributed by atoms with Crippen LogP contribution < -0.4 is 4.90 Å². The summed E-state index contributed by atoms with van der Waals surface area (Å²) >= 11 is 0. The van der Waals surface area contributed by atoms with Crippen LogP contribution in [-0.4, -0.2) is 54.6 Å². The topological polar surface area (TPSA) is 47.0 Å². The molecule has 0 spiro atoms. The Morgan fingerprint density at radius 1 is 0.588 bits per heavy atom. The molecule has 51 heavy (non-hydrogen) atoms. The Bertz CT molecular complexity index is 2100. The second kappa shape index (κ2) is 14.8. The summed E-state index contributed by atoms with van der Waals surface area (Å²) in [6, 6.07) is 53.7. The van der Waals surface area contributed by atoms with Gasteiger partial charge in [0.25, 0.3) is 6.47 Å². The van der Waals surface area contributed by atoms with Crippen LogP contribution in [0.3, 0.4) is 0 Å². The molecular weight excluding hydrogens is 627 g/mol. The molecule has 0 bridgehead atoms. The molecule has 5 nitrogen and oxygen atoms in total. The minimum absolute atomic E-state index is 0.0657. The second-order valence-corrected chi connectivity index (χ2v) is 14.1. The summed E-state index contributed by atoms with van der Waals surface area (Å²) in [7, 11) is 2.21. The van der Waals surface area contributed by atoms with Gasteiger partial charge in [0.15, 0.2) is 0 Å². The third-order valence-corrected chi connectivity index (χ3v) is 10.4. The van der Waals surface area contributed by atoms with E-state index in [4.69, 9.17) is 9.90 Å². The number of benzene rings is 6. The lowest BCUT2D eigenvalue weighted by atomic mass is 9.82. The van der Waals surface area contributed by atoms with Gasteiger partial charge in [-0.25, -0.2) is 0 Å². The maximum Gasteiger partial charge on any atom is 0.290 e. The first-order valence-corrected chi connectivity index (χ1v) is 17.7. The molecule has 1 fully saturated rings. The van der Waals surface area contributed by atoms with Crippen molar-refractivity contribution in [2.75, 3.05) is 38.1 Å². The first kappa shape index (κ1) is 34.0. The fraction of sp³-hybridized carbons (Fsp3) is 0.196. The quantitative estimate of drug-likeness (QED) is 0.171. The van der Waals surface area contributed by atoms with E-state index in [1.54, 1.807) is 0 Å². The van der Waals surface area contributed by atoms with E-state index in [0.717, 1.165) is 44.1 Å². The Balaban J connectivity index is 0.00000131. The van der Waals surface area contributed by atoms with Crippen LogP contribution in [0.25, 0.3) is 33.4 Å². The van der Waals surface area contributed by atoms with E-state index in [1.807, 2.05) is 0 Å². The van der Waals surface area contributed by atoms with Gasteiger partial charge in [-0.1, -0.05) is 117 Å². The van der Waals surface area contributed by atoms with Crippen molar-refractivity contribution in [1.29, 1.82) is 0 Å². The van der Waals surface area contributed by atoms with Crippen LogP contribution >= 0.6 is 0 Å². The molecule has 0 atom stereocenters. The van der Waals surface area contributed by atoms with Crippen LogP contribution in [0.15, 0.2) is 146 Å². The van der Waals surface area contributed by atoms with Crippen molar-refractivity contribution in [2.24, 2.45) is 0 Å². The summed E-state index contributed by atoms with van der Waals surface area (Å²) in [5.74, 6) is 0. The van der Waals surface area contributed by atoms with E-state index in [0.29, 0.717) is 0 Å². The number of piperazine rings is 1. The van der Waals surface area contributed by atoms with E-state index in [1.165, 1.54) is 55.8 Å². The zero-order valence-electron chi connectivity index (χ0n) is 29.7. The molecule has 1 heterocycles. The van der Waals surface area contributed by atoms with E-state index in [9.17, 15) is 0 Å². The van der Waals surface area contributed by atoms with Gasteiger partial charge in [-0.2, -0.15) is 0 Å². The molecular formula is C46H45N3O2. The highest BCUT2D eigenvalue weighted by molar-refractivity contribution is 5.86. The maximum absolute atomic E-state index is 8.36. The highest BCUT2D eigenvalue weighted by Gasteiger charge is 2.35. The number of carbonyl (C=O) groups is 1. The van der Waals surface area contributed by atoms with Crippen LogP contribution in [0.1, 0.15) is 30.5 Å². The molecule has 6 aromatic rings. The number of anilines is 3. The average Bonchev–Trinajstić information content (AvgIpc) is 3.40. The van der Waals surface area contributed by atoms with E-state index < -0.39 is 0 Å². The minimum Gasteiger partial charge on any atom is -0.483 e. The maximum atomic E-state index is 8.36. The molecule has 5 heteroatoms. The van der Waals surface area contributed by atoms with Crippen molar-refractivity contribution >= 4 is 23.5 Å². The third kappa shape index (κ3) is 7.09. The van der Waals surface area contributed by atoms with Crippen molar-refractivity contribution in [2.45, 2.75) is 25.8 Å². The zero-order chi connectivity index (χ0) is 35.4. The fourth-order valence-corrected chi connectivity index (χ4v) is 7.63. The standard InChI is InChI=1S/C45H43N3.CH2O2/c1-45(2)43-15-8-7-14-41(43)42-25-24-40(31-44(42)45)48(38-20-16-35(17-21-38)34-11-5-4-6-12-34)39-22-18-36(19-23-39)37-13-9-10-33(30-37)32-47-28-26-46(3)27-29-47;2-1-3/h4-25,30-31H,26-29,32H2,1-3H3;1H,(H,2,3). The lowest BCUT2D eigenvalue weighted by molar-refractivity contribution is -0.122. The molecule has 1 saturated heterocycles. The van der Waals surface area contributed by atoms with Gasteiger partial charge in [-0.15, -0.1) is 0 Å². The Labute approximate surface area is 302 Å². The first-order chi connectivity index (χ1) is 24.9. The number of hydrogen-bond donors (Lipinski definition) is 1. The highest BCUT2D eigenvalue weighted by atomic mass is 16.3. The smallest absolute Gasteiger partial charge is 0.290 e. The summed E-state index contributed by atoms with van der Waals surface area (Å²) in [5, 5.41) is 6.89. The summed E-state index contributed by atoms with van der Waals surface area (Å²) in [4.78, 5) is 15.7. The predicted molar refractivity (Wildman–Crippen MR) is 211 cm³/mol. The monoisotopic (exact) mass is 671 g/mol. The number of carboxylic acid groups (broad SMARTS) is 1. The number of nitrogens with zero attached hydrogens (tertiary/aromatic N) is 3. The molecule has 1 aliphatic heterocycles. The van der Waals surface area contributed by atoms with Gasteiger partial charge in [-0.05, 0) is 99.6 Å². The SMILES string of the molecule is CN1CCN(Cc2cccc(-c3ccc(N(c4ccc(-c5ccccc5)cc4)c4ccc5c(c4)C(C)(C)c4ccccc4-5)cc3)c2)CC1.O=CO. The molecule has 1 N–H and O–H groups in total. The lowest BCUT2D eigenvalue weighted by Crippen LogP contribution is -2.43. The lowest BCUT2D eigenvalue weighted by Gasteiger charge is -2.32. The Hall–Kier alpha value is -5.49. The number of likely N-dealkylation sites (N-methyl/N-ethyl adjacent to an activating group) is 1. The van der Waals surface area contributed by atoms with Crippen molar-refractivity contribution in [1.82, 2.24) is 9.80 Å². The molecule has 6 aromatic carbocycles. The highest BCUT2D eigenvalue weighted by Crippen LogP contribution is 2.50. The van der Waals surface area contributed by atoms with Gasteiger partial charge in [0.05, 0.1) is 0 Å². The number of hydrogen-bond acceptors (Lipinski definition) is 4. The van der Waals surface area contributed by atoms with Crippen LogP contribution in [0.5, 0.6) is 0 Å². The summed E-state index contributed by atoms with van der Waals surface area (Å²) in [6.45, 7) is 10.0. The molecule has 0 saturated carbocycles. The van der Waals surface area contributed by atoms with Gasteiger partial charge in [0, 0.05) is 55.2 Å². The van der Waals surface area contributed by atoms with E-state index >= 15 is 0 Å². The van der Waals surface area contributed by atoms with Gasteiger partial charge >= 0.3 is 0 Å². The predicted octanol–water partition coefficient (Wildman–Crippen LogP) is 10.2. The van der Waals surface area contributed by atoms with Crippen molar-refractivity contribution in [3.8, 4) is 33.4 Å².